The number of carbonyl (C=O) groups is 1. The van der Waals surface area contributed by atoms with Crippen molar-refractivity contribution in [3.63, 3.8) is 0 Å². The number of carbonyl (C=O) groups excluding carboxylic acids is 1. The van der Waals surface area contributed by atoms with Crippen LogP contribution < -0.4 is 5.73 Å². The van der Waals surface area contributed by atoms with Gasteiger partial charge in [-0.2, -0.15) is 0 Å². The Labute approximate surface area is 90.8 Å². The molecule has 2 N–H and O–H groups in total. The first-order chi connectivity index (χ1) is 7.22. The quantitative estimate of drug-likeness (QED) is 0.710. The van der Waals surface area contributed by atoms with E-state index in [4.69, 9.17) is 10.5 Å². The molecule has 0 radical (unpaired) electrons. The fraction of sp³-hybridized carbons (Fsp3) is 0.909. The zero-order valence-electron chi connectivity index (χ0n) is 9.32. The smallest absolute Gasteiger partial charge is 0.409 e. The highest BCUT2D eigenvalue weighted by atomic mass is 16.5. The minimum absolute atomic E-state index is 0.146. The lowest BCUT2D eigenvalue weighted by Gasteiger charge is -2.21. The van der Waals surface area contributed by atoms with Crippen LogP contribution in [-0.2, 0) is 4.74 Å². The topological polar surface area (TPSA) is 55.6 Å². The summed E-state index contributed by atoms with van der Waals surface area (Å²) >= 11 is 0. The van der Waals surface area contributed by atoms with Crippen molar-refractivity contribution in [2.75, 3.05) is 20.2 Å². The normalized spacial score (nSPS) is 32.3. The largest absolute Gasteiger partial charge is 0.453 e. The molecule has 2 rings (SSSR count). The zero-order valence-corrected chi connectivity index (χ0v) is 9.32. The Morgan fingerprint density at radius 3 is 2.60 bits per heavy atom. The van der Waals surface area contributed by atoms with E-state index in [9.17, 15) is 4.79 Å². The van der Waals surface area contributed by atoms with Gasteiger partial charge in [0.15, 0.2) is 0 Å². The molecule has 0 bridgehead atoms. The van der Waals surface area contributed by atoms with Crippen LogP contribution in [0.1, 0.15) is 25.7 Å². The molecular weight excluding hydrogens is 192 g/mol. The molecule has 2 unspecified atom stereocenters. The van der Waals surface area contributed by atoms with E-state index in [1.807, 2.05) is 0 Å². The predicted molar refractivity (Wildman–Crippen MR) is 57.4 cm³/mol. The molecule has 0 aromatic carbocycles. The first-order valence-electron chi connectivity index (χ1n) is 5.81. The molecule has 0 aromatic heterocycles. The van der Waals surface area contributed by atoms with Crippen molar-refractivity contribution in [2.24, 2.45) is 17.6 Å². The second kappa shape index (κ2) is 4.39. The minimum atomic E-state index is -0.231. The van der Waals surface area contributed by atoms with Crippen LogP contribution in [0.5, 0.6) is 0 Å². The maximum absolute atomic E-state index is 11.4. The Balaban J connectivity index is 1.94. The molecule has 1 saturated heterocycles. The summed E-state index contributed by atoms with van der Waals surface area (Å²) in [4.78, 5) is 13.1. The van der Waals surface area contributed by atoms with Crippen molar-refractivity contribution in [2.45, 2.75) is 31.7 Å². The van der Waals surface area contributed by atoms with Crippen molar-refractivity contribution in [1.82, 2.24) is 4.90 Å². The van der Waals surface area contributed by atoms with E-state index in [-0.39, 0.29) is 12.1 Å². The first-order valence-corrected chi connectivity index (χ1v) is 5.81. The molecule has 1 amide bonds. The van der Waals surface area contributed by atoms with Crippen LogP contribution in [0.3, 0.4) is 0 Å². The average molecular weight is 212 g/mol. The molecule has 4 nitrogen and oxygen atoms in total. The summed E-state index contributed by atoms with van der Waals surface area (Å²) in [7, 11) is 1.43. The fourth-order valence-corrected chi connectivity index (χ4v) is 3.02. The van der Waals surface area contributed by atoms with E-state index >= 15 is 0 Å². The molecule has 4 heteroatoms. The van der Waals surface area contributed by atoms with Crippen molar-refractivity contribution in [1.29, 1.82) is 0 Å². The van der Waals surface area contributed by atoms with Crippen LogP contribution in [0.2, 0.25) is 0 Å². The van der Waals surface area contributed by atoms with Crippen molar-refractivity contribution < 1.29 is 9.53 Å². The van der Waals surface area contributed by atoms with Crippen molar-refractivity contribution in [3.05, 3.63) is 0 Å². The predicted octanol–water partition coefficient (Wildman–Crippen LogP) is 1.20. The molecule has 1 heterocycles. The van der Waals surface area contributed by atoms with Crippen LogP contribution in [0.15, 0.2) is 0 Å². The van der Waals surface area contributed by atoms with E-state index < -0.39 is 0 Å². The molecule has 1 saturated carbocycles. The number of amides is 1. The molecule has 2 atom stereocenters. The number of hydrogen-bond donors (Lipinski definition) is 1. The first kappa shape index (κ1) is 10.7. The van der Waals surface area contributed by atoms with Gasteiger partial charge >= 0.3 is 6.09 Å². The molecule has 86 valence electrons. The van der Waals surface area contributed by atoms with Gasteiger partial charge in [0.25, 0.3) is 0 Å². The van der Waals surface area contributed by atoms with Gasteiger partial charge in [0.05, 0.1) is 7.11 Å². The summed E-state index contributed by atoms with van der Waals surface area (Å²) in [5.74, 6) is 1.22. The van der Waals surface area contributed by atoms with E-state index in [1.54, 1.807) is 4.90 Å². The maximum atomic E-state index is 11.4. The van der Waals surface area contributed by atoms with Crippen LogP contribution in [-0.4, -0.2) is 37.2 Å². The van der Waals surface area contributed by atoms with Gasteiger partial charge in [-0.05, 0) is 11.8 Å². The summed E-state index contributed by atoms with van der Waals surface area (Å²) in [5, 5.41) is 0. The highest BCUT2D eigenvalue weighted by Gasteiger charge is 2.38. The minimum Gasteiger partial charge on any atom is -0.453 e. The maximum Gasteiger partial charge on any atom is 0.409 e. The second-order valence-corrected chi connectivity index (χ2v) is 4.75. The third kappa shape index (κ3) is 2.09. The molecule has 2 aliphatic rings. The summed E-state index contributed by atoms with van der Waals surface area (Å²) in [6.07, 6.45) is 4.99. The lowest BCUT2D eigenvalue weighted by molar-refractivity contribution is 0.130. The van der Waals surface area contributed by atoms with E-state index in [0.717, 1.165) is 12.5 Å². The van der Waals surface area contributed by atoms with Crippen LogP contribution in [0, 0.1) is 11.8 Å². The molecule has 15 heavy (non-hydrogen) atoms. The van der Waals surface area contributed by atoms with Gasteiger partial charge in [0.2, 0.25) is 0 Å². The summed E-state index contributed by atoms with van der Waals surface area (Å²) < 4.78 is 4.72. The highest BCUT2D eigenvalue weighted by molar-refractivity contribution is 5.67. The van der Waals surface area contributed by atoms with Crippen molar-refractivity contribution >= 4 is 6.09 Å². The molecule has 0 aromatic rings. The fourth-order valence-electron chi connectivity index (χ4n) is 3.02. The monoisotopic (exact) mass is 212 g/mol. The zero-order chi connectivity index (χ0) is 10.8. The average Bonchev–Trinajstić information content (AvgIpc) is 2.84. The number of hydrogen-bond acceptors (Lipinski definition) is 3. The van der Waals surface area contributed by atoms with Gasteiger partial charge in [-0.15, -0.1) is 0 Å². The van der Waals surface area contributed by atoms with Gasteiger partial charge in [-0.1, -0.05) is 25.7 Å². The molecule has 1 aliphatic carbocycles. The Morgan fingerprint density at radius 1 is 1.33 bits per heavy atom. The third-order valence-electron chi connectivity index (χ3n) is 3.85. The lowest BCUT2D eigenvalue weighted by Crippen LogP contribution is -2.33. The lowest BCUT2D eigenvalue weighted by atomic mass is 9.87. The van der Waals surface area contributed by atoms with Gasteiger partial charge in [-0.25, -0.2) is 4.79 Å². The number of methoxy groups -OCH3 is 1. The number of rotatable bonds is 1. The van der Waals surface area contributed by atoms with Crippen LogP contribution in [0.4, 0.5) is 4.79 Å². The summed E-state index contributed by atoms with van der Waals surface area (Å²) in [6.45, 7) is 1.45. The number of likely N-dealkylation sites (tertiary alicyclic amines) is 1. The van der Waals surface area contributed by atoms with E-state index in [2.05, 4.69) is 0 Å². The van der Waals surface area contributed by atoms with E-state index in [1.165, 1.54) is 32.8 Å². The van der Waals surface area contributed by atoms with Crippen LogP contribution >= 0.6 is 0 Å². The van der Waals surface area contributed by atoms with E-state index in [0.29, 0.717) is 12.5 Å². The Morgan fingerprint density at radius 2 is 2.00 bits per heavy atom. The SMILES string of the molecule is COC(=O)N1CC(N)C(C2CCCC2)C1. The number of ether oxygens (including phenoxy) is 1. The second-order valence-electron chi connectivity index (χ2n) is 4.75. The Bertz CT molecular complexity index is 239. The Hall–Kier alpha value is -0.770. The third-order valence-corrected chi connectivity index (χ3v) is 3.85. The van der Waals surface area contributed by atoms with Crippen LogP contribution in [0.25, 0.3) is 0 Å². The molecule has 1 aliphatic heterocycles. The Kier molecular flexibility index (Phi) is 3.14. The van der Waals surface area contributed by atoms with Gasteiger partial charge in [-0.3, -0.25) is 0 Å². The molecule has 0 spiro atoms. The standard InChI is InChI=1S/C11H20N2O2/c1-15-11(14)13-6-9(10(12)7-13)8-4-2-3-5-8/h8-10H,2-7,12H2,1H3. The number of nitrogens with two attached hydrogens (primary N) is 1. The van der Waals surface area contributed by atoms with Gasteiger partial charge in [0.1, 0.15) is 0 Å². The summed E-state index contributed by atoms with van der Waals surface area (Å²) in [6, 6.07) is 0.146. The van der Waals surface area contributed by atoms with Crippen molar-refractivity contribution in [3.8, 4) is 0 Å². The highest BCUT2D eigenvalue weighted by Crippen LogP contribution is 2.35. The van der Waals surface area contributed by atoms with Gasteiger partial charge < -0.3 is 15.4 Å². The molecular formula is C11H20N2O2. The summed E-state index contributed by atoms with van der Waals surface area (Å²) in [5.41, 5.74) is 6.09. The molecule has 2 fully saturated rings. The van der Waals surface area contributed by atoms with Gasteiger partial charge in [0, 0.05) is 19.1 Å². The number of nitrogens with zero attached hydrogens (tertiary/aromatic N) is 1.